The van der Waals surface area contributed by atoms with Crippen LogP contribution in [-0.4, -0.2) is 0 Å². The zero-order valence-electron chi connectivity index (χ0n) is 15.5. The van der Waals surface area contributed by atoms with Crippen LogP contribution in [0.25, 0.3) is 0 Å². The molecule has 0 radical (unpaired) electrons. The standard InChI is InChI=1S/C21H36/c1-17(2,3)20-10-14-8-15(11-20)21(16(9-14)12-20)18(4,5)13-19(21,6)7/h14-16H,8-13H2,1-7H3. The maximum atomic E-state index is 2.60. The van der Waals surface area contributed by atoms with Gasteiger partial charge in [0.15, 0.2) is 0 Å². The van der Waals surface area contributed by atoms with Crippen molar-refractivity contribution in [2.24, 2.45) is 44.8 Å². The van der Waals surface area contributed by atoms with Crippen molar-refractivity contribution in [3.05, 3.63) is 0 Å². The highest BCUT2D eigenvalue weighted by molar-refractivity contribution is 5.25. The summed E-state index contributed by atoms with van der Waals surface area (Å²) in [6, 6.07) is 0. The summed E-state index contributed by atoms with van der Waals surface area (Å²) in [6.07, 6.45) is 9.18. The Bertz CT molecular complexity index is 441. The summed E-state index contributed by atoms with van der Waals surface area (Å²) in [7, 11) is 0. The number of hydrogen-bond acceptors (Lipinski definition) is 0. The summed E-state index contributed by atoms with van der Waals surface area (Å²) in [5.74, 6) is 3.09. The van der Waals surface area contributed by atoms with Crippen molar-refractivity contribution in [2.45, 2.75) is 87.0 Å². The second kappa shape index (κ2) is 3.57. The van der Waals surface area contributed by atoms with Crippen LogP contribution in [-0.2, 0) is 0 Å². The normalized spacial score (nSPS) is 48.4. The van der Waals surface area contributed by atoms with Gasteiger partial charge in [0.2, 0.25) is 0 Å². The zero-order chi connectivity index (χ0) is 15.5. The Kier molecular flexibility index (Phi) is 2.48. The van der Waals surface area contributed by atoms with E-state index in [9.17, 15) is 0 Å². The second-order valence-corrected chi connectivity index (χ2v) is 11.7. The maximum absolute atomic E-state index is 2.60. The van der Waals surface area contributed by atoms with Gasteiger partial charge in [0.1, 0.15) is 0 Å². The lowest BCUT2D eigenvalue weighted by Gasteiger charge is -2.81. The molecular formula is C21H36. The summed E-state index contributed by atoms with van der Waals surface area (Å²) in [5, 5.41) is 0. The SMILES string of the molecule is CC(C)(C)C12CC3CC(C1)C1(C(C3)C2)C(C)(C)CC1(C)C. The van der Waals surface area contributed by atoms with Gasteiger partial charge in [-0.3, -0.25) is 0 Å². The zero-order valence-corrected chi connectivity index (χ0v) is 15.5. The molecule has 5 rings (SSSR count). The second-order valence-electron chi connectivity index (χ2n) is 11.7. The third-order valence-corrected chi connectivity index (χ3v) is 9.19. The van der Waals surface area contributed by atoms with Crippen molar-refractivity contribution >= 4 is 0 Å². The van der Waals surface area contributed by atoms with Gasteiger partial charge in [0.25, 0.3) is 0 Å². The molecule has 0 aromatic heterocycles. The quantitative estimate of drug-likeness (QED) is 0.490. The molecule has 0 amide bonds. The Morgan fingerprint density at radius 2 is 1.24 bits per heavy atom. The van der Waals surface area contributed by atoms with Gasteiger partial charge in [-0.1, -0.05) is 48.5 Å². The predicted octanol–water partition coefficient (Wildman–Crippen LogP) is 6.30. The van der Waals surface area contributed by atoms with Crippen LogP contribution in [0.15, 0.2) is 0 Å². The molecule has 0 heterocycles. The van der Waals surface area contributed by atoms with E-state index in [4.69, 9.17) is 0 Å². The van der Waals surface area contributed by atoms with Crippen LogP contribution in [0.5, 0.6) is 0 Å². The van der Waals surface area contributed by atoms with E-state index in [2.05, 4.69) is 48.5 Å². The van der Waals surface area contributed by atoms with Crippen molar-refractivity contribution in [1.29, 1.82) is 0 Å². The first-order valence-corrected chi connectivity index (χ1v) is 9.45. The summed E-state index contributed by atoms with van der Waals surface area (Å²) in [6.45, 7) is 18.0. The van der Waals surface area contributed by atoms with Crippen molar-refractivity contribution in [3.8, 4) is 0 Å². The van der Waals surface area contributed by atoms with Crippen LogP contribution in [0, 0.1) is 44.8 Å². The molecule has 120 valence electrons. The molecule has 21 heavy (non-hydrogen) atoms. The van der Waals surface area contributed by atoms with E-state index >= 15 is 0 Å². The first kappa shape index (κ1) is 14.6. The Labute approximate surface area is 132 Å². The van der Waals surface area contributed by atoms with E-state index in [1.165, 1.54) is 19.3 Å². The fraction of sp³-hybridized carbons (Fsp3) is 1.00. The molecule has 5 saturated carbocycles. The van der Waals surface area contributed by atoms with Crippen LogP contribution in [0.1, 0.15) is 87.0 Å². The minimum Gasteiger partial charge on any atom is -0.0596 e. The highest BCUT2D eigenvalue weighted by atomic mass is 14.8. The van der Waals surface area contributed by atoms with Crippen molar-refractivity contribution in [1.82, 2.24) is 0 Å². The van der Waals surface area contributed by atoms with Gasteiger partial charge in [-0.25, -0.2) is 0 Å². The molecule has 0 heteroatoms. The van der Waals surface area contributed by atoms with Gasteiger partial charge >= 0.3 is 0 Å². The molecule has 1 spiro atoms. The lowest BCUT2D eigenvalue weighted by atomic mass is 9.23. The Morgan fingerprint density at radius 1 is 0.762 bits per heavy atom. The van der Waals surface area contributed by atoms with E-state index in [-0.39, 0.29) is 0 Å². The maximum Gasteiger partial charge on any atom is -0.0137 e. The van der Waals surface area contributed by atoms with Gasteiger partial charge in [-0.15, -0.1) is 0 Å². The monoisotopic (exact) mass is 288 g/mol. The van der Waals surface area contributed by atoms with Crippen LogP contribution >= 0.6 is 0 Å². The molecule has 2 unspecified atom stereocenters. The molecule has 4 bridgehead atoms. The highest BCUT2D eigenvalue weighted by Gasteiger charge is 2.76. The first-order chi connectivity index (χ1) is 9.45. The Balaban J connectivity index is 1.81. The molecule has 5 aliphatic rings. The largest absolute Gasteiger partial charge is 0.0596 e. The molecule has 2 atom stereocenters. The molecule has 5 fully saturated rings. The molecule has 0 N–H and O–H groups in total. The van der Waals surface area contributed by atoms with E-state index in [1.54, 1.807) is 19.3 Å². The van der Waals surface area contributed by atoms with Crippen molar-refractivity contribution in [2.75, 3.05) is 0 Å². The van der Waals surface area contributed by atoms with Crippen molar-refractivity contribution in [3.63, 3.8) is 0 Å². The van der Waals surface area contributed by atoms with Crippen LogP contribution in [0.3, 0.4) is 0 Å². The van der Waals surface area contributed by atoms with Crippen molar-refractivity contribution < 1.29 is 0 Å². The molecular weight excluding hydrogens is 252 g/mol. The lowest BCUT2D eigenvalue weighted by molar-refractivity contribution is -0.327. The third-order valence-electron chi connectivity index (χ3n) is 9.19. The predicted molar refractivity (Wildman–Crippen MR) is 90.1 cm³/mol. The molecule has 0 nitrogen and oxygen atoms in total. The fourth-order valence-electron chi connectivity index (χ4n) is 9.34. The van der Waals surface area contributed by atoms with Gasteiger partial charge in [-0.05, 0) is 83.4 Å². The Morgan fingerprint density at radius 3 is 1.62 bits per heavy atom. The third kappa shape index (κ3) is 1.40. The lowest BCUT2D eigenvalue weighted by Crippen LogP contribution is -2.74. The summed E-state index contributed by atoms with van der Waals surface area (Å²) < 4.78 is 0. The number of rotatable bonds is 0. The summed E-state index contributed by atoms with van der Waals surface area (Å²) in [5.41, 5.74) is 2.99. The van der Waals surface area contributed by atoms with Gasteiger partial charge in [0.05, 0.1) is 0 Å². The first-order valence-electron chi connectivity index (χ1n) is 9.45. The van der Waals surface area contributed by atoms with Crippen LogP contribution in [0.4, 0.5) is 0 Å². The van der Waals surface area contributed by atoms with Gasteiger partial charge in [-0.2, -0.15) is 0 Å². The molecule has 0 aromatic carbocycles. The van der Waals surface area contributed by atoms with Crippen LogP contribution < -0.4 is 0 Å². The average Bonchev–Trinajstić information content (AvgIpc) is 2.22. The highest BCUT2D eigenvalue weighted by Crippen LogP contribution is 2.84. The number of hydrogen-bond donors (Lipinski definition) is 0. The van der Waals surface area contributed by atoms with E-state index in [0.717, 1.165) is 17.8 Å². The Hall–Kier alpha value is 0. The average molecular weight is 289 g/mol. The minimum atomic E-state index is 0.502. The summed E-state index contributed by atoms with van der Waals surface area (Å²) >= 11 is 0. The smallest absolute Gasteiger partial charge is 0.0137 e. The molecule has 5 aliphatic carbocycles. The van der Waals surface area contributed by atoms with Gasteiger partial charge < -0.3 is 0 Å². The summed E-state index contributed by atoms with van der Waals surface area (Å²) in [4.78, 5) is 0. The topological polar surface area (TPSA) is 0 Å². The van der Waals surface area contributed by atoms with Gasteiger partial charge in [0, 0.05) is 0 Å². The molecule has 0 saturated heterocycles. The van der Waals surface area contributed by atoms with Crippen LogP contribution in [0.2, 0.25) is 0 Å². The van der Waals surface area contributed by atoms with E-state index in [1.807, 2.05) is 0 Å². The van der Waals surface area contributed by atoms with E-state index < -0.39 is 0 Å². The molecule has 0 aliphatic heterocycles. The fourth-order valence-corrected chi connectivity index (χ4v) is 9.34. The van der Waals surface area contributed by atoms with E-state index in [0.29, 0.717) is 27.1 Å². The minimum absolute atomic E-state index is 0.502. The molecule has 0 aromatic rings.